The predicted octanol–water partition coefficient (Wildman–Crippen LogP) is 1.03. The van der Waals surface area contributed by atoms with Crippen LogP contribution in [0.2, 0.25) is 0 Å². The SMILES string of the molecule is CC(C)(C)OCC(=O)N1CCC(CO)CC1. The summed E-state index contributed by atoms with van der Waals surface area (Å²) in [5.41, 5.74) is -0.265. The molecule has 1 rings (SSSR count). The molecule has 4 nitrogen and oxygen atoms in total. The molecule has 0 saturated carbocycles. The first-order valence-corrected chi connectivity index (χ1v) is 5.95. The molecular weight excluding hydrogens is 206 g/mol. The third-order valence-electron chi connectivity index (χ3n) is 2.85. The van der Waals surface area contributed by atoms with Gasteiger partial charge >= 0.3 is 0 Å². The third kappa shape index (κ3) is 4.49. The fourth-order valence-electron chi connectivity index (χ4n) is 1.73. The van der Waals surface area contributed by atoms with Crippen molar-refractivity contribution >= 4 is 5.91 Å². The molecule has 0 atom stereocenters. The van der Waals surface area contributed by atoms with Crippen molar-refractivity contribution in [1.29, 1.82) is 0 Å². The molecule has 0 aliphatic carbocycles. The molecule has 0 aromatic rings. The molecule has 16 heavy (non-hydrogen) atoms. The normalized spacial score (nSPS) is 18.9. The van der Waals surface area contributed by atoms with Gasteiger partial charge in [0.1, 0.15) is 6.61 Å². The number of aliphatic hydroxyl groups excluding tert-OH is 1. The van der Waals surface area contributed by atoms with E-state index in [2.05, 4.69) is 0 Å². The summed E-state index contributed by atoms with van der Waals surface area (Å²) in [7, 11) is 0. The number of amides is 1. The average molecular weight is 229 g/mol. The molecule has 1 heterocycles. The lowest BCUT2D eigenvalue weighted by Gasteiger charge is -2.32. The van der Waals surface area contributed by atoms with Crippen molar-refractivity contribution in [2.75, 3.05) is 26.3 Å². The maximum absolute atomic E-state index is 11.8. The number of hydrogen-bond donors (Lipinski definition) is 1. The van der Waals surface area contributed by atoms with Crippen LogP contribution in [0, 0.1) is 5.92 Å². The number of piperidine rings is 1. The lowest BCUT2D eigenvalue weighted by Crippen LogP contribution is -2.42. The highest BCUT2D eigenvalue weighted by molar-refractivity contribution is 5.77. The zero-order chi connectivity index (χ0) is 12.2. The summed E-state index contributed by atoms with van der Waals surface area (Å²) in [6.07, 6.45) is 1.80. The van der Waals surface area contributed by atoms with E-state index in [1.807, 2.05) is 25.7 Å². The van der Waals surface area contributed by atoms with Crippen LogP contribution in [-0.2, 0) is 9.53 Å². The molecule has 0 radical (unpaired) electrons. The van der Waals surface area contributed by atoms with Gasteiger partial charge in [0.2, 0.25) is 5.91 Å². The summed E-state index contributed by atoms with van der Waals surface area (Å²) in [5, 5.41) is 9.00. The van der Waals surface area contributed by atoms with Crippen molar-refractivity contribution in [3.63, 3.8) is 0 Å². The first-order chi connectivity index (χ1) is 7.42. The molecule has 0 bridgehead atoms. The summed E-state index contributed by atoms with van der Waals surface area (Å²) in [5.74, 6) is 0.430. The lowest BCUT2D eigenvalue weighted by molar-refractivity contribution is -0.142. The van der Waals surface area contributed by atoms with E-state index < -0.39 is 0 Å². The van der Waals surface area contributed by atoms with E-state index in [0.29, 0.717) is 5.92 Å². The van der Waals surface area contributed by atoms with Crippen molar-refractivity contribution in [3.05, 3.63) is 0 Å². The first kappa shape index (κ1) is 13.5. The van der Waals surface area contributed by atoms with E-state index in [9.17, 15) is 4.79 Å². The summed E-state index contributed by atoms with van der Waals surface area (Å²) >= 11 is 0. The van der Waals surface area contributed by atoms with Gasteiger partial charge in [-0.3, -0.25) is 4.79 Å². The Balaban J connectivity index is 2.28. The highest BCUT2D eigenvalue weighted by atomic mass is 16.5. The van der Waals surface area contributed by atoms with Gasteiger partial charge in [0.15, 0.2) is 0 Å². The Kier molecular flexibility index (Phi) is 4.74. The second-order valence-corrected chi connectivity index (χ2v) is 5.41. The Hall–Kier alpha value is -0.610. The molecule has 0 unspecified atom stereocenters. The molecule has 1 aliphatic heterocycles. The van der Waals surface area contributed by atoms with Crippen molar-refractivity contribution in [2.24, 2.45) is 5.92 Å². The van der Waals surface area contributed by atoms with E-state index in [1.54, 1.807) is 0 Å². The van der Waals surface area contributed by atoms with Crippen LogP contribution in [0.1, 0.15) is 33.6 Å². The maximum Gasteiger partial charge on any atom is 0.248 e. The third-order valence-corrected chi connectivity index (χ3v) is 2.85. The number of likely N-dealkylation sites (tertiary alicyclic amines) is 1. The fourth-order valence-corrected chi connectivity index (χ4v) is 1.73. The predicted molar refractivity (Wildman–Crippen MR) is 62.1 cm³/mol. The average Bonchev–Trinajstić information content (AvgIpc) is 2.25. The minimum absolute atomic E-state index is 0.0614. The number of ether oxygens (including phenoxy) is 1. The molecule has 0 aromatic heterocycles. The number of hydrogen-bond acceptors (Lipinski definition) is 3. The Morgan fingerprint density at radius 3 is 2.38 bits per heavy atom. The molecule has 1 fully saturated rings. The van der Waals surface area contributed by atoms with Gasteiger partial charge in [-0.1, -0.05) is 0 Å². The maximum atomic E-state index is 11.8. The number of carbonyl (C=O) groups is 1. The van der Waals surface area contributed by atoms with Crippen molar-refractivity contribution in [2.45, 2.75) is 39.2 Å². The van der Waals surface area contributed by atoms with Crippen LogP contribution in [0.5, 0.6) is 0 Å². The highest BCUT2D eigenvalue weighted by Crippen LogP contribution is 2.17. The van der Waals surface area contributed by atoms with Gasteiger partial charge < -0.3 is 14.7 Å². The molecule has 0 spiro atoms. The van der Waals surface area contributed by atoms with Crippen LogP contribution in [0.4, 0.5) is 0 Å². The minimum atomic E-state index is -0.265. The van der Waals surface area contributed by atoms with Crippen LogP contribution in [0.3, 0.4) is 0 Å². The zero-order valence-corrected chi connectivity index (χ0v) is 10.5. The van der Waals surface area contributed by atoms with E-state index in [-0.39, 0.29) is 24.7 Å². The summed E-state index contributed by atoms with van der Waals surface area (Å²) < 4.78 is 5.46. The van der Waals surface area contributed by atoms with Crippen molar-refractivity contribution in [3.8, 4) is 0 Å². The Labute approximate surface area is 97.6 Å². The number of aliphatic hydroxyl groups is 1. The Morgan fingerprint density at radius 2 is 1.94 bits per heavy atom. The summed E-state index contributed by atoms with van der Waals surface area (Å²) in [6.45, 7) is 7.72. The molecule has 94 valence electrons. The number of rotatable bonds is 3. The standard InChI is InChI=1S/C12H23NO3/c1-12(2,3)16-9-11(15)13-6-4-10(8-14)5-7-13/h10,14H,4-9H2,1-3H3. The Bertz CT molecular complexity index is 227. The molecule has 4 heteroatoms. The van der Waals surface area contributed by atoms with Gasteiger partial charge in [-0.25, -0.2) is 0 Å². The fraction of sp³-hybridized carbons (Fsp3) is 0.917. The number of carbonyl (C=O) groups excluding carboxylic acids is 1. The molecule has 1 saturated heterocycles. The second-order valence-electron chi connectivity index (χ2n) is 5.41. The Morgan fingerprint density at radius 1 is 1.38 bits per heavy atom. The summed E-state index contributed by atoms with van der Waals surface area (Å²) in [6, 6.07) is 0. The van der Waals surface area contributed by atoms with Gasteiger partial charge in [-0.2, -0.15) is 0 Å². The van der Waals surface area contributed by atoms with E-state index >= 15 is 0 Å². The van der Waals surface area contributed by atoms with E-state index in [4.69, 9.17) is 9.84 Å². The first-order valence-electron chi connectivity index (χ1n) is 5.95. The van der Waals surface area contributed by atoms with Crippen LogP contribution in [0.15, 0.2) is 0 Å². The van der Waals surface area contributed by atoms with Crippen LogP contribution in [0.25, 0.3) is 0 Å². The van der Waals surface area contributed by atoms with Gasteiger partial charge in [0.25, 0.3) is 0 Å². The topological polar surface area (TPSA) is 49.8 Å². The van der Waals surface area contributed by atoms with Gasteiger partial charge in [0, 0.05) is 19.7 Å². The largest absolute Gasteiger partial charge is 0.396 e. The quantitative estimate of drug-likeness (QED) is 0.786. The van der Waals surface area contributed by atoms with Crippen LogP contribution in [-0.4, -0.2) is 47.8 Å². The molecule has 1 aliphatic rings. The molecule has 0 aromatic carbocycles. The molecule has 1 N–H and O–H groups in total. The number of nitrogens with zero attached hydrogens (tertiary/aromatic N) is 1. The van der Waals surface area contributed by atoms with Gasteiger partial charge in [-0.05, 0) is 39.5 Å². The second kappa shape index (κ2) is 5.64. The van der Waals surface area contributed by atoms with Gasteiger partial charge in [0.05, 0.1) is 5.60 Å². The van der Waals surface area contributed by atoms with Crippen molar-refractivity contribution in [1.82, 2.24) is 4.90 Å². The molecule has 1 amide bonds. The smallest absolute Gasteiger partial charge is 0.248 e. The minimum Gasteiger partial charge on any atom is -0.396 e. The monoisotopic (exact) mass is 229 g/mol. The highest BCUT2D eigenvalue weighted by Gasteiger charge is 2.23. The lowest BCUT2D eigenvalue weighted by atomic mass is 9.98. The summed E-state index contributed by atoms with van der Waals surface area (Å²) in [4.78, 5) is 13.6. The van der Waals surface area contributed by atoms with Crippen molar-refractivity contribution < 1.29 is 14.6 Å². The molecular formula is C12H23NO3. The van der Waals surface area contributed by atoms with E-state index in [0.717, 1.165) is 25.9 Å². The van der Waals surface area contributed by atoms with Crippen LogP contribution >= 0.6 is 0 Å². The zero-order valence-electron chi connectivity index (χ0n) is 10.5. The van der Waals surface area contributed by atoms with E-state index in [1.165, 1.54) is 0 Å². The van der Waals surface area contributed by atoms with Crippen LogP contribution < -0.4 is 0 Å². The van der Waals surface area contributed by atoms with Gasteiger partial charge in [-0.15, -0.1) is 0 Å².